The van der Waals surface area contributed by atoms with Crippen molar-refractivity contribution in [2.75, 3.05) is 0 Å². The first kappa shape index (κ1) is 19.5. The van der Waals surface area contributed by atoms with Gasteiger partial charge in [0.05, 0.1) is 15.7 Å². The second-order valence-electron chi connectivity index (χ2n) is 7.17. The van der Waals surface area contributed by atoms with Gasteiger partial charge in [-0.3, -0.25) is 10.1 Å². The van der Waals surface area contributed by atoms with E-state index in [0.717, 1.165) is 12.1 Å². The van der Waals surface area contributed by atoms with Crippen LogP contribution in [0.25, 0.3) is 0 Å². The lowest BCUT2D eigenvalue weighted by molar-refractivity contribution is 0.505. The van der Waals surface area contributed by atoms with E-state index >= 15 is 0 Å². The molecular formula is C19H28N2OS. The second kappa shape index (κ2) is 8.37. The van der Waals surface area contributed by atoms with Gasteiger partial charge in [-0.25, -0.2) is 4.21 Å². The smallest absolute Gasteiger partial charge is 0.0942 e. The monoisotopic (exact) mass is 332 g/mol. The van der Waals surface area contributed by atoms with Gasteiger partial charge in [-0.2, -0.15) is 0 Å². The van der Waals surface area contributed by atoms with Crippen LogP contribution in [0.2, 0.25) is 0 Å². The summed E-state index contributed by atoms with van der Waals surface area (Å²) >= 11 is 0. The molecule has 1 atom stereocenters. The maximum Gasteiger partial charge on any atom is 0.0942 e. The summed E-state index contributed by atoms with van der Waals surface area (Å²) in [4.78, 5) is 4.45. The highest BCUT2D eigenvalue weighted by Crippen LogP contribution is 2.25. The fraction of sp³-hybridized carbons (Fsp3) is 0.421. The molecule has 0 aliphatic carbocycles. The first-order chi connectivity index (χ1) is 10.6. The van der Waals surface area contributed by atoms with Crippen molar-refractivity contribution in [3.63, 3.8) is 0 Å². The Hall–Kier alpha value is -1.52. The molecule has 0 aliphatic heterocycles. The van der Waals surface area contributed by atoms with E-state index in [4.69, 9.17) is 5.14 Å². The third-order valence-electron chi connectivity index (χ3n) is 3.45. The lowest BCUT2D eigenvalue weighted by Crippen LogP contribution is -2.27. The Bertz CT molecular complexity index is 604. The summed E-state index contributed by atoms with van der Waals surface area (Å²) < 4.78 is 10.1. The molecule has 1 unspecified atom stereocenters. The van der Waals surface area contributed by atoms with Gasteiger partial charge in [-0.1, -0.05) is 50.2 Å². The van der Waals surface area contributed by atoms with E-state index < -0.39 is 11.0 Å². The van der Waals surface area contributed by atoms with Gasteiger partial charge in [-0.15, -0.1) is 0 Å². The zero-order valence-electron chi connectivity index (χ0n) is 14.7. The van der Waals surface area contributed by atoms with Gasteiger partial charge in [0.2, 0.25) is 0 Å². The Morgan fingerprint density at radius 3 is 1.91 bits per heavy atom. The Morgan fingerprint density at radius 2 is 1.48 bits per heavy atom. The minimum atomic E-state index is -1.18. The molecule has 0 aliphatic rings. The van der Waals surface area contributed by atoms with E-state index in [-0.39, 0.29) is 10.2 Å². The minimum Gasteiger partial charge on any atom is -0.261 e. The third kappa shape index (κ3) is 7.06. The summed E-state index contributed by atoms with van der Waals surface area (Å²) in [6.45, 7) is 9.99. The first-order valence-corrected chi connectivity index (χ1v) is 8.96. The van der Waals surface area contributed by atoms with Crippen molar-refractivity contribution in [1.29, 1.82) is 0 Å². The Morgan fingerprint density at radius 1 is 0.957 bits per heavy atom. The Balaban J connectivity index is 0.000000322. The molecule has 23 heavy (non-hydrogen) atoms. The van der Waals surface area contributed by atoms with E-state index in [1.165, 1.54) is 5.56 Å². The molecule has 1 heterocycles. The zero-order chi connectivity index (χ0) is 17.5. The topological polar surface area (TPSA) is 56.0 Å². The average molecular weight is 333 g/mol. The summed E-state index contributed by atoms with van der Waals surface area (Å²) in [7, 11) is -1.18. The SMILES string of the molecule is CC(C)(C)S(N)=O.CC(C)(Cc1ccccc1)c1ccccn1. The molecule has 0 radical (unpaired) electrons. The maximum atomic E-state index is 10.4. The summed E-state index contributed by atoms with van der Waals surface area (Å²) in [6.07, 6.45) is 2.88. The molecule has 0 spiro atoms. The van der Waals surface area contributed by atoms with Crippen molar-refractivity contribution in [1.82, 2.24) is 4.98 Å². The molecule has 2 aromatic rings. The van der Waals surface area contributed by atoms with Crippen molar-refractivity contribution in [2.24, 2.45) is 5.14 Å². The van der Waals surface area contributed by atoms with Gasteiger partial charge >= 0.3 is 0 Å². The molecule has 0 saturated heterocycles. The predicted molar refractivity (Wildman–Crippen MR) is 99.5 cm³/mol. The molecule has 0 saturated carbocycles. The summed E-state index contributed by atoms with van der Waals surface area (Å²) in [5.74, 6) is 0. The van der Waals surface area contributed by atoms with E-state index in [9.17, 15) is 4.21 Å². The van der Waals surface area contributed by atoms with Crippen molar-refractivity contribution in [3.05, 3.63) is 66.0 Å². The quantitative estimate of drug-likeness (QED) is 0.923. The number of hydrogen-bond acceptors (Lipinski definition) is 2. The highest BCUT2D eigenvalue weighted by atomic mass is 32.2. The van der Waals surface area contributed by atoms with Crippen LogP contribution in [0.15, 0.2) is 54.7 Å². The molecule has 1 aromatic heterocycles. The molecule has 4 heteroatoms. The Labute approximate surface area is 142 Å². The molecular weight excluding hydrogens is 304 g/mol. The number of hydrogen-bond donors (Lipinski definition) is 1. The van der Waals surface area contributed by atoms with E-state index in [1.54, 1.807) is 0 Å². The van der Waals surface area contributed by atoms with Gasteiger partial charge in [0, 0.05) is 17.3 Å². The van der Waals surface area contributed by atoms with Crippen LogP contribution in [0.4, 0.5) is 0 Å². The molecule has 2 rings (SSSR count). The molecule has 2 N–H and O–H groups in total. The minimum absolute atomic E-state index is 0.0859. The zero-order valence-corrected chi connectivity index (χ0v) is 15.6. The van der Waals surface area contributed by atoms with Gasteiger partial charge in [0.1, 0.15) is 0 Å². The van der Waals surface area contributed by atoms with E-state index in [1.807, 2.05) is 33.0 Å². The molecule has 0 bridgehead atoms. The van der Waals surface area contributed by atoms with Crippen LogP contribution in [0.5, 0.6) is 0 Å². The summed E-state index contributed by atoms with van der Waals surface area (Å²) in [5, 5.41) is 5.04. The maximum absolute atomic E-state index is 10.4. The molecule has 0 amide bonds. The van der Waals surface area contributed by atoms with Gasteiger partial charge in [0.15, 0.2) is 0 Å². The van der Waals surface area contributed by atoms with E-state index in [2.05, 4.69) is 61.3 Å². The second-order valence-corrected chi connectivity index (χ2v) is 8.99. The third-order valence-corrected chi connectivity index (χ3v) is 4.66. The number of benzene rings is 1. The number of aromatic nitrogens is 1. The van der Waals surface area contributed by atoms with Crippen molar-refractivity contribution in [2.45, 2.75) is 51.2 Å². The first-order valence-electron chi connectivity index (χ1n) is 7.74. The molecule has 3 nitrogen and oxygen atoms in total. The van der Waals surface area contributed by atoms with Crippen LogP contribution < -0.4 is 5.14 Å². The number of nitrogens with two attached hydrogens (primary N) is 1. The average Bonchev–Trinajstić information content (AvgIpc) is 2.48. The van der Waals surface area contributed by atoms with Gasteiger partial charge in [-0.05, 0) is 44.9 Å². The molecule has 1 aromatic carbocycles. The lowest BCUT2D eigenvalue weighted by atomic mass is 9.82. The highest BCUT2D eigenvalue weighted by molar-refractivity contribution is 7.84. The van der Waals surface area contributed by atoms with Crippen molar-refractivity contribution < 1.29 is 4.21 Å². The number of nitrogens with zero attached hydrogens (tertiary/aromatic N) is 1. The van der Waals surface area contributed by atoms with Crippen LogP contribution in [0, 0.1) is 0 Å². The van der Waals surface area contributed by atoms with Crippen LogP contribution in [0.3, 0.4) is 0 Å². The predicted octanol–water partition coefficient (Wildman–Crippen LogP) is 4.01. The van der Waals surface area contributed by atoms with Crippen LogP contribution in [-0.2, 0) is 22.8 Å². The lowest BCUT2D eigenvalue weighted by Gasteiger charge is -2.24. The largest absolute Gasteiger partial charge is 0.261 e. The fourth-order valence-corrected chi connectivity index (χ4v) is 1.96. The number of pyridine rings is 1. The molecule has 0 fully saturated rings. The normalized spacial score (nSPS) is 13.0. The van der Waals surface area contributed by atoms with Crippen molar-refractivity contribution >= 4 is 11.0 Å². The van der Waals surface area contributed by atoms with Crippen LogP contribution >= 0.6 is 0 Å². The van der Waals surface area contributed by atoms with Crippen LogP contribution in [0.1, 0.15) is 45.9 Å². The van der Waals surface area contributed by atoms with E-state index in [0.29, 0.717) is 0 Å². The summed E-state index contributed by atoms with van der Waals surface area (Å²) in [6, 6.07) is 16.7. The Kier molecular flexibility index (Phi) is 7.10. The van der Waals surface area contributed by atoms with Crippen LogP contribution in [-0.4, -0.2) is 13.9 Å². The standard InChI is InChI=1S/C15H17N.C4H11NOS/c1-15(2,14-10-6-7-11-16-14)12-13-8-4-3-5-9-13;1-4(2,3)7(5)6/h3-11H,12H2,1-2H3;5H2,1-3H3. The molecule has 126 valence electrons. The van der Waals surface area contributed by atoms with Gasteiger partial charge < -0.3 is 0 Å². The number of rotatable bonds is 3. The van der Waals surface area contributed by atoms with Gasteiger partial charge in [0.25, 0.3) is 0 Å². The fourth-order valence-electron chi connectivity index (χ4n) is 1.96. The highest BCUT2D eigenvalue weighted by Gasteiger charge is 2.21. The van der Waals surface area contributed by atoms with Crippen molar-refractivity contribution in [3.8, 4) is 0 Å². The summed E-state index contributed by atoms with van der Waals surface area (Å²) in [5.41, 5.74) is 2.60.